The van der Waals surface area contributed by atoms with E-state index in [1.807, 2.05) is 35.2 Å². The highest BCUT2D eigenvalue weighted by Crippen LogP contribution is 2.29. The van der Waals surface area contributed by atoms with Gasteiger partial charge in [0.05, 0.1) is 25.5 Å². The topological polar surface area (TPSA) is 73.5 Å². The molecule has 5 rings (SSSR count). The van der Waals surface area contributed by atoms with Gasteiger partial charge in [-0.05, 0) is 12.1 Å². The minimum absolute atomic E-state index is 0.0575. The summed E-state index contributed by atoms with van der Waals surface area (Å²) in [6.07, 6.45) is 0.808. The van der Waals surface area contributed by atoms with E-state index in [4.69, 9.17) is 9.72 Å². The first-order chi connectivity index (χ1) is 14.3. The Balaban J connectivity index is 1.21. The van der Waals surface area contributed by atoms with Crippen molar-refractivity contribution in [3.63, 3.8) is 0 Å². The average molecular weight is 412 g/mol. The SMILES string of the molecule is O=C(c1cc2ccccc2[nH]1)N1CCc2nc(NCCN3CCOCC3)sc2C1. The minimum Gasteiger partial charge on any atom is -0.379 e. The molecule has 8 heteroatoms. The number of hydrogen-bond acceptors (Lipinski definition) is 6. The lowest BCUT2D eigenvalue weighted by Crippen LogP contribution is -2.39. The van der Waals surface area contributed by atoms with Crippen molar-refractivity contribution in [2.24, 2.45) is 0 Å². The third kappa shape index (κ3) is 4.01. The van der Waals surface area contributed by atoms with Gasteiger partial charge in [0.15, 0.2) is 5.13 Å². The number of carbonyl (C=O) groups is 1. The lowest BCUT2D eigenvalue weighted by atomic mass is 10.1. The predicted octanol–water partition coefficient (Wildman–Crippen LogP) is 2.57. The number of anilines is 1. The number of ether oxygens (including phenoxy) is 1. The fourth-order valence-electron chi connectivity index (χ4n) is 3.95. The van der Waals surface area contributed by atoms with Crippen LogP contribution in [-0.4, -0.2) is 71.6 Å². The molecule has 7 nitrogen and oxygen atoms in total. The number of nitrogens with zero attached hydrogens (tertiary/aromatic N) is 3. The molecule has 1 saturated heterocycles. The van der Waals surface area contributed by atoms with Crippen LogP contribution in [0.3, 0.4) is 0 Å². The van der Waals surface area contributed by atoms with E-state index in [2.05, 4.69) is 15.2 Å². The molecule has 2 aliphatic heterocycles. The van der Waals surface area contributed by atoms with Gasteiger partial charge in [-0.25, -0.2) is 4.98 Å². The summed E-state index contributed by atoms with van der Waals surface area (Å²) in [5, 5.41) is 5.49. The molecule has 0 aliphatic carbocycles. The van der Waals surface area contributed by atoms with Gasteiger partial charge in [-0.2, -0.15) is 0 Å². The van der Waals surface area contributed by atoms with Crippen LogP contribution in [0.4, 0.5) is 5.13 Å². The highest BCUT2D eigenvalue weighted by Gasteiger charge is 2.26. The van der Waals surface area contributed by atoms with Crippen molar-refractivity contribution in [1.29, 1.82) is 0 Å². The highest BCUT2D eigenvalue weighted by atomic mass is 32.1. The molecular weight excluding hydrogens is 386 g/mol. The van der Waals surface area contributed by atoms with Crippen molar-refractivity contribution < 1.29 is 9.53 Å². The van der Waals surface area contributed by atoms with Gasteiger partial charge in [0.1, 0.15) is 5.69 Å². The first kappa shape index (κ1) is 18.6. The maximum atomic E-state index is 13.0. The van der Waals surface area contributed by atoms with Crippen molar-refractivity contribution in [1.82, 2.24) is 19.8 Å². The summed E-state index contributed by atoms with van der Waals surface area (Å²) < 4.78 is 5.39. The van der Waals surface area contributed by atoms with E-state index in [1.54, 1.807) is 11.3 Å². The molecule has 2 aromatic heterocycles. The van der Waals surface area contributed by atoms with Crippen LogP contribution in [0.5, 0.6) is 0 Å². The maximum Gasteiger partial charge on any atom is 0.270 e. The first-order valence-electron chi connectivity index (χ1n) is 10.2. The molecule has 0 atom stereocenters. The van der Waals surface area contributed by atoms with Gasteiger partial charge < -0.3 is 19.9 Å². The molecule has 0 bridgehead atoms. The second-order valence-electron chi connectivity index (χ2n) is 7.52. The lowest BCUT2D eigenvalue weighted by molar-refractivity contribution is 0.0398. The Morgan fingerprint density at radius 3 is 2.97 bits per heavy atom. The summed E-state index contributed by atoms with van der Waals surface area (Å²) in [6, 6.07) is 9.93. The number of rotatable bonds is 5. The Hall–Kier alpha value is -2.42. The number of aromatic amines is 1. The average Bonchev–Trinajstić information content (AvgIpc) is 3.37. The largest absolute Gasteiger partial charge is 0.379 e. The van der Waals surface area contributed by atoms with Gasteiger partial charge >= 0.3 is 0 Å². The van der Waals surface area contributed by atoms with Crippen molar-refractivity contribution in [3.8, 4) is 0 Å². The Morgan fingerprint density at radius 2 is 2.10 bits per heavy atom. The van der Waals surface area contributed by atoms with Crippen LogP contribution in [-0.2, 0) is 17.7 Å². The fourth-order valence-corrected chi connectivity index (χ4v) is 5.00. The van der Waals surface area contributed by atoms with Crippen molar-refractivity contribution in [2.45, 2.75) is 13.0 Å². The van der Waals surface area contributed by atoms with Crippen molar-refractivity contribution in [2.75, 3.05) is 51.3 Å². The van der Waals surface area contributed by atoms with Gasteiger partial charge in [0.25, 0.3) is 5.91 Å². The minimum atomic E-state index is 0.0575. The molecule has 0 unspecified atom stereocenters. The van der Waals surface area contributed by atoms with E-state index >= 15 is 0 Å². The van der Waals surface area contributed by atoms with Crippen LogP contribution in [0.15, 0.2) is 30.3 Å². The first-order valence-corrected chi connectivity index (χ1v) is 11.0. The molecule has 0 spiro atoms. The standard InChI is InChI=1S/C21H25N5O2S/c27-20(18-13-15-3-1-2-4-16(15)23-18)26-7-5-17-19(14-26)29-21(24-17)22-6-8-25-9-11-28-12-10-25/h1-4,13,23H,5-12,14H2,(H,22,24). The number of benzene rings is 1. The van der Waals surface area contributed by atoms with Crippen LogP contribution in [0, 0.1) is 0 Å². The van der Waals surface area contributed by atoms with Gasteiger partial charge in [-0.3, -0.25) is 9.69 Å². The van der Waals surface area contributed by atoms with Gasteiger partial charge in [0.2, 0.25) is 0 Å². The molecule has 29 heavy (non-hydrogen) atoms. The summed E-state index contributed by atoms with van der Waals surface area (Å²) in [5.74, 6) is 0.0575. The van der Waals surface area contributed by atoms with Gasteiger partial charge in [-0.15, -0.1) is 0 Å². The van der Waals surface area contributed by atoms with E-state index in [1.165, 1.54) is 4.88 Å². The smallest absolute Gasteiger partial charge is 0.270 e. The number of amides is 1. The van der Waals surface area contributed by atoms with Crippen molar-refractivity contribution >= 4 is 33.3 Å². The number of nitrogens with one attached hydrogen (secondary N) is 2. The summed E-state index contributed by atoms with van der Waals surface area (Å²) in [4.78, 5) is 26.5. The van der Waals surface area contributed by atoms with Crippen LogP contribution >= 0.6 is 11.3 Å². The zero-order valence-corrected chi connectivity index (χ0v) is 17.1. The molecule has 4 heterocycles. The molecule has 1 fully saturated rings. The molecule has 0 saturated carbocycles. The normalized spacial score (nSPS) is 17.4. The number of aromatic nitrogens is 2. The Bertz CT molecular complexity index is 975. The van der Waals surface area contributed by atoms with E-state index in [0.717, 1.165) is 67.5 Å². The summed E-state index contributed by atoms with van der Waals surface area (Å²) in [5.41, 5.74) is 2.78. The number of morpholine rings is 1. The van der Waals surface area contributed by atoms with Crippen LogP contribution in [0.2, 0.25) is 0 Å². The lowest BCUT2D eigenvalue weighted by Gasteiger charge is -2.26. The molecule has 2 aliphatic rings. The number of H-pyrrole nitrogens is 1. The third-order valence-corrected chi connectivity index (χ3v) is 6.63. The Labute approximate surface area is 173 Å². The third-order valence-electron chi connectivity index (χ3n) is 5.59. The summed E-state index contributed by atoms with van der Waals surface area (Å²) in [6.45, 7) is 6.87. The quantitative estimate of drug-likeness (QED) is 0.675. The van der Waals surface area contributed by atoms with E-state index in [-0.39, 0.29) is 5.91 Å². The van der Waals surface area contributed by atoms with Gasteiger partial charge in [-0.1, -0.05) is 29.5 Å². The second-order valence-corrected chi connectivity index (χ2v) is 8.60. The maximum absolute atomic E-state index is 13.0. The Kier molecular flexibility index (Phi) is 5.22. The van der Waals surface area contributed by atoms with E-state index < -0.39 is 0 Å². The number of para-hydroxylation sites is 1. The van der Waals surface area contributed by atoms with Crippen LogP contribution < -0.4 is 5.32 Å². The zero-order valence-electron chi connectivity index (χ0n) is 16.3. The number of carbonyl (C=O) groups excluding carboxylic acids is 1. The molecule has 1 aromatic carbocycles. The van der Waals surface area contributed by atoms with Gasteiger partial charge in [0, 0.05) is 54.9 Å². The van der Waals surface area contributed by atoms with Crippen molar-refractivity contribution in [3.05, 3.63) is 46.6 Å². The predicted molar refractivity (Wildman–Crippen MR) is 115 cm³/mol. The molecule has 0 radical (unpaired) electrons. The highest BCUT2D eigenvalue weighted by molar-refractivity contribution is 7.15. The number of thiazole rings is 1. The summed E-state index contributed by atoms with van der Waals surface area (Å²) >= 11 is 1.67. The molecule has 152 valence electrons. The molecule has 2 N–H and O–H groups in total. The number of fused-ring (bicyclic) bond motifs is 2. The van der Waals surface area contributed by atoms with Crippen LogP contribution in [0.25, 0.3) is 10.9 Å². The molecular formula is C21H25N5O2S. The van der Waals surface area contributed by atoms with E-state index in [9.17, 15) is 4.79 Å². The molecule has 3 aromatic rings. The molecule has 1 amide bonds. The monoisotopic (exact) mass is 411 g/mol. The number of hydrogen-bond donors (Lipinski definition) is 2. The fraction of sp³-hybridized carbons (Fsp3) is 0.429. The Morgan fingerprint density at radius 1 is 1.24 bits per heavy atom. The summed E-state index contributed by atoms with van der Waals surface area (Å²) in [7, 11) is 0. The zero-order chi connectivity index (χ0) is 19.6. The second kappa shape index (κ2) is 8.14. The van der Waals surface area contributed by atoms with Crippen LogP contribution in [0.1, 0.15) is 21.1 Å². The van der Waals surface area contributed by atoms with E-state index in [0.29, 0.717) is 18.8 Å².